The molecule has 0 aromatic heterocycles. The van der Waals surface area contributed by atoms with Crippen LogP contribution in [-0.4, -0.2) is 44.3 Å². The summed E-state index contributed by atoms with van der Waals surface area (Å²) < 4.78 is 13.0. The van der Waals surface area contributed by atoms with Crippen molar-refractivity contribution in [1.29, 1.82) is 0 Å². The molecule has 8 nitrogen and oxygen atoms in total. The Morgan fingerprint density at radius 2 is 1.07 bits per heavy atom. The molecule has 0 saturated heterocycles. The van der Waals surface area contributed by atoms with Gasteiger partial charge < -0.3 is 20.4 Å². The second-order valence-electron chi connectivity index (χ2n) is 5.29. The third-order valence-corrected chi connectivity index (χ3v) is 3.65. The molecule has 0 aliphatic heterocycles. The Bertz CT molecular complexity index is 901. The van der Waals surface area contributed by atoms with Gasteiger partial charge in [0.25, 0.3) is 0 Å². The van der Waals surface area contributed by atoms with E-state index in [1.807, 2.05) is 0 Å². The van der Waals surface area contributed by atoms with Crippen molar-refractivity contribution in [3.05, 3.63) is 69.5 Å². The molecule has 0 amide bonds. The van der Waals surface area contributed by atoms with Crippen molar-refractivity contribution < 1.29 is 44.0 Å². The zero-order valence-corrected chi connectivity index (χ0v) is 14.2. The van der Waals surface area contributed by atoms with Gasteiger partial charge in [0.05, 0.1) is 22.3 Å². The highest BCUT2D eigenvalue weighted by Gasteiger charge is 2.19. The summed E-state index contributed by atoms with van der Waals surface area (Å²) in [5.74, 6) is -5.89. The third-order valence-electron chi connectivity index (χ3n) is 3.65. The molecule has 0 aliphatic rings. The standard InChI is InChI=1S/C9H7FO4.C9H8O4/c1-4-5(8(11)12)2-3-6(10)7(4)9(13)14;1-5-6(8(10)11)3-2-4-7(5)9(12)13/h2-3H,1H3,(H,11,12)(H,13,14);2-4H,1H3,(H,10,11)(H,12,13). The van der Waals surface area contributed by atoms with Gasteiger partial charge in [-0.1, -0.05) is 6.07 Å². The summed E-state index contributed by atoms with van der Waals surface area (Å²) in [4.78, 5) is 42.4. The predicted octanol–water partition coefficient (Wildman–Crippen LogP) is 2.92. The number of aromatic carboxylic acids is 4. The number of rotatable bonds is 4. The van der Waals surface area contributed by atoms with Gasteiger partial charge in [0.2, 0.25) is 0 Å². The number of halogens is 1. The molecule has 0 bridgehead atoms. The van der Waals surface area contributed by atoms with Gasteiger partial charge in [-0.3, -0.25) is 0 Å². The number of benzene rings is 2. The summed E-state index contributed by atoms with van der Waals surface area (Å²) >= 11 is 0. The van der Waals surface area contributed by atoms with E-state index in [1.54, 1.807) is 0 Å². The van der Waals surface area contributed by atoms with Crippen LogP contribution >= 0.6 is 0 Å². The third kappa shape index (κ3) is 4.88. The van der Waals surface area contributed by atoms with Gasteiger partial charge in [-0.25, -0.2) is 23.6 Å². The van der Waals surface area contributed by atoms with E-state index in [9.17, 15) is 23.6 Å². The predicted molar refractivity (Wildman–Crippen MR) is 90.2 cm³/mol. The van der Waals surface area contributed by atoms with Crippen LogP contribution < -0.4 is 0 Å². The number of carboxylic acids is 4. The Morgan fingerprint density at radius 3 is 1.44 bits per heavy atom. The SMILES string of the molecule is Cc1c(C(=O)O)ccc(F)c1C(=O)O.Cc1c(C(=O)O)cccc1C(=O)O. The number of hydrogen-bond acceptors (Lipinski definition) is 4. The molecule has 2 aromatic carbocycles. The number of hydrogen-bond donors (Lipinski definition) is 4. The Morgan fingerprint density at radius 1 is 0.667 bits per heavy atom. The van der Waals surface area contributed by atoms with Crippen molar-refractivity contribution in [2.45, 2.75) is 13.8 Å². The normalized spacial score (nSPS) is 9.74. The highest BCUT2D eigenvalue weighted by molar-refractivity contribution is 5.97. The quantitative estimate of drug-likeness (QED) is 0.634. The zero-order chi connectivity index (χ0) is 20.9. The average Bonchev–Trinajstić information content (AvgIpc) is 2.54. The minimum Gasteiger partial charge on any atom is -0.478 e. The maximum Gasteiger partial charge on any atom is 0.338 e. The summed E-state index contributed by atoms with van der Waals surface area (Å²) in [6, 6.07) is 6.05. The van der Waals surface area contributed by atoms with Crippen LogP contribution in [0.5, 0.6) is 0 Å². The van der Waals surface area contributed by atoms with E-state index >= 15 is 0 Å². The lowest BCUT2D eigenvalue weighted by atomic mass is 10.0. The minimum absolute atomic E-state index is 0.0277. The van der Waals surface area contributed by atoms with E-state index in [-0.39, 0.29) is 27.8 Å². The molecule has 0 aliphatic carbocycles. The van der Waals surface area contributed by atoms with Crippen LogP contribution in [0.2, 0.25) is 0 Å². The van der Waals surface area contributed by atoms with Gasteiger partial charge >= 0.3 is 23.9 Å². The molecule has 0 spiro atoms. The van der Waals surface area contributed by atoms with Gasteiger partial charge in [-0.05, 0) is 49.2 Å². The topological polar surface area (TPSA) is 149 Å². The lowest BCUT2D eigenvalue weighted by Crippen LogP contribution is -2.09. The highest BCUT2D eigenvalue weighted by atomic mass is 19.1. The Labute approximate surface area is 152 Å². The molecule has 0 saturated carbocycles. The number of carbonyl (C=O) groups is 4. The lowest BCUT2D eigenvalue weighted by molar-refractivity contribution is 0.0672. The van der Waals surface area contributed by atoms with Crippen LogP contribution in [0.3, 0.4) is 0 Å². The first-order valence-corrected chi connectivity index (χ1v) is 7.30. The van der Waals surface area contributed by atoms with Crippen LogP contribution in [0.4, 0.5) is 4.39 Å². The van der Waals surface area contributed by atoms with E-state index in [0.717, 1.165) is 12.1 Å². The molecule has 0 heterocycles. The fourth-order valence-electron chi connectivity index (χ4n) is 2.27. The average molecular weight is 378 g/mol. The first kappa shape index (κ1) is 21.3. The molecule has 27 heavy (non-hydrogen) atoms. The molecule has 0 radical (unpaired) electrons. The van der Waals surface area contributed by atoms with Crippen molar-refractivity contribution in [2.24, 2.45) is 0 Å². The molecular weight excluding hydrogens is 363 g/mol. The molecule has 2 aromatic rings. The molecule has 0 unspecified atom stereocenters. The van der Waals surface area contributed by atoms with Crippen molar-refractivity contribution in [1.82, 2.24) is 0 Å². The second-order valence-corrected chi connectivity index (χ2v) is 5.29. The highest BCUT2D eigenvalue weighted by Crippen LogP contribution is 2.17. The molecular formula is C18H15FO8. The molecule has 2 rings (SSSR count). The Hall–Kier alpha value is -3.75. The summed E-state index contributed by atoms with van der Waals surface area (Å²) in [6.07, 6.45) is 0. The smallest absolute Gasteiger partial charge is 0.338 e. The van der Waals surface area contributed by atoms with Crippen LogP contribution in [0.25, 0.3) is 0 Å². The van der Waals surface area contributed by atoms with E-state index in [0.29, 0.717) is 0 Å². The largest absolute Gasteiger partial charge is 0.478 e. The van der Waals surface area contributed by atoms with Gasteiger partial charge in [-0.15, -0.1) is 0 Å². The monoisotopic (exact) mass is 378 g/mol. The van der Waals surface area contributed by atoms with E-state index in [4.69, 9.17) is 20.4 Å². The molecule has 0 atom stereocenters. The summed E-state index contributed by atoms with van der Waals surface area (Å²) in [5.41, 5.74) is -0.541. The first-order chi connectivity index (χ1) is 12.5. The van der Waals surface area contributed by atoms with Gasteiger partial charge in [-0.2, -0.15) is 0 Å². The number of carboxylic acid groups (broad SMARTS) is 4. The summed E-state index contributed by atoms with van der Waals surface area (Å²) in [5, 5.41) is 34.6. The fourth-order valence-corrected chi connectivity index (χ4v) is 2.27. The van der Waals surface area contributed by atoms with Crippen LogP contribution in [0.15, 0.2) is 30.3 Å². The van der Waals surface area contributed by atoms with Gasteiger partial charge in [0, 0.05) is 0 Å². The maximum atomic E-state index is 13.0. The summed E-state index contributed by atoms with van der Waals surface area (Å²) in [6.45, 7) is 2.74. The van der Waals surface area contributed by atoms with Crippen molar-refractivity contribution in [3.8, 4) is 0 Å². The Balaban J connectivity index is 0.000000271. The van der Waals surface area contributed by atoms with Crippen molar-refractivity contribution >= 4 is 23.9 Å². The molecule has 4 N–H and O–H groups in total. The van der Waals surface area contributed by atoms with Crippen molar-refractivity contribution in [3.63, 3.8) is 0 Å². The first-order valence-electron chi connectivity index (χ1n) is 7.30. The van der Waals surface area contributed by atoms with E-state index in [1.165, 1.54) is 32.0 Å². The van der Waals surface area contributed by atoms with Gasteiger partial charge in [0.15, 0.2) is 0 Å². The van der Waals surface area contributed by atoms with Crippen LogP contribution in [0, 0.1) is 19.7 Å². The Kier molecular flexibility index (Phi) is 6.75. The zero-order valence-electron chi connectivity index (χ0n) is 14.2. The lowest BCUT2D eigenvalue weighted by Gasteiger charge is -2.05. The molecule has 0 fully saturated rings. The van der Waals surface area contributed by atoms with Crippen LogP contribution in [0.1, 0.15) is 52.6 Å². The molecule has 142 valence electrons. The van der Waals surface area contributed by atoms with Crippen LogP contribution in [-0.2, 0) is 0 Å². The second kappa shape index (κ2) is 8.56. The van der Waals surface area contributed by atoms with Gasteiger partial charge in [0.1, 0.15) is 5.82 Å². The van der Waals surface area contributed by atoms with E-state index in [2.05, 4.69) is 0 Å². The van der Waals surface area contributed by atoms with Crippen molar-refractivity contribution in [2.75, 3.05) is 0 Å². The van der Waals surface area contributed by atoms with E-state index < -0.39 is 35.3 Å². The fraction of sp³-hybridized carbons (Fsp3) is 0.111. The summed E-state index contributed by atoms with van der Waals surface area (Å²) in [7, 11) is 0. The minimum atomic E-state index is -1.47. The molecule has 9 heteroatoms. The maximum absolute atomic E-state index is 13.0.